The van der Waals surface area contributed by atoms with E-state index >= 15 is 0 Å². The molecule has 2 aromatic carbocycles. The second-order valence-electron chi connectivity index (χ2n) is 7.65. The number of hydrogen-bond acceptors (Lipinski definition) is 2. The first kappa shape index (κ1) is 19.0. The van der Waals surface area contributed by atoms with E-state index in [1.807, 2.05) is 25.3 Å². The van der Waals surface area contributed by atoms with Gasteiger partial charge in [0.05, 0.1) is 4.90 Å². The minimum absolute atomic E-state index is 0.363. The van der Waals surface area contributed by atoms with Gasteiger partial charge in [0.15, 0.2) is 0 Å². The first-order chi connectivity index (χ1) is 13.4. The second kappa shape index (κ2) is 7.57. The molecule has 146 valence electrons. The van der Waals surface area contributed by atoms with Crippen molar-refractivity contribution in [2.75, 3.05) is 13.1 Å². The Hall–Kier alpha value is -2.37. The predicted octanol–water partition coefficient (Wildman–Crippen LogP) is 4.74. The number of H-pyrrole nitrogens is 1. The van der Waals surface area contributed by atoms with Crippen LogP contribution in [0.5, 0.6) is 0 Å². The maximum atomic E-state index is 13.2. The zero-order valence-electron chi connectivity index (χ0n) is 16.4. The van der Waals surface area contributed by atoms with Crippen LogP contribution in [0.1, 0.15) is 29.5 Å². The lowest BCUT2D eigenvalue weighted by Crippen LogP contribution is -2.33. The summed E-state index contributed by atoms with van der Waals surface area (Å²) in [6, 6.07) is 13.4. The minimum Gasteiger partial charge on any atom is -0.361 e. The van der Waals surface area contributed by atoms with Crippen molar-refractivity contribution < 1.29 is 8.42 Å². The van der Waals surface area contributed by atoms with Gasteiger partial charge in [-0.2, -0.15) is 4.31 Å². The van der Waals surface area contributed by atoms with E-state index < -0.39 is 10.0 Å². The van der Waals surface area contributed by atoms with Crippen molar-refractivity contribution in [1.82, 2.24) is 9.29 Å². The summed E-state index contributed by atoms with van der Waals surface area (Å²) in [6.45, 7) is 4.94. The Morgan fingerprint density at radius 2 is 1.75 bits per heavy atom. The molecule has 0 atom stereocenters. The number of rotatable bonds is 7. The van der Waals surface area contributed by atoms with Gasteiger partial charge in [0.2, 0.25) is 10.0 Å². The number of nitrogens with one attached hydrogen (secondary N) is 1. The van der Waals surface area contributed by atoms with Crippen molar-refractivity contribution in [3.8, 4) is 0 Å². The molecule has 1 aliphatic rings. The molecule has 4 nitrogen and oxygen atoms in total. The standard InChI is InChI=1S/C23H26N2O2S/c1-17-3-8-21(9-4-17)28(26,27)25(13-11-19-6-7-19)14-12-20-16-24-23-10-5-18(2)15-22(20)23/h3-5,8-11,15-16,24H,6-7,12-14H2,1-2H3. The van der Waals surface area contributed by atoms with E-state index in [9.17, 15) is 8.42 Å². The fraction of sp³-hybridized carbons (Fsp3) is 0.304. The van der Waals surface area contributed by atoms with Gasteiger partial charge in [-0.3, -0.25) is 0 Å². The number of hydrogen-bond donors (Lipinski definition) is 1. The van der Waals surface area contributed by atoms with Crippen molar-refractivity contribution >= 4 is 20.9 Å². The highest BCUT2D eigenvalue weighted by atomic mass is 32.2. The molecule has 1 saturated carbocycles. The van der Waals surface area contributed by atoms with Gasteiger partial charge in [0.25, 0.3) is 0 Å². The second-order valence-corrected chi connectivity index (χ2v) is 9.59. The molecule has 0 unspecified atom stereocenters. The van der Waals surface area contributed by atoms with Crippen LogP contribution in [0.3, 0.4) is 0 Å². The zero-order chi connectivity index (χ0) is 19.7. The summed E-state index contributed by atoms with van der Waals surface area (Å²) in [6.07, 6.45) is 6.95. The van der Waals surface area contributed by atoms with Gasteiger partial charge in [-0.05, 0) is 62.9 Å². The number of nitrogens with zero attached hydrogens (tertiary/aromatic N) is 1. The molecule has 0 bridgehead atoms. The number of fused-ring (bicyclic) bond motifs is 1. The van der Waals surface area contributed by atoms with Crippen LogP contribution in [0.15, 0.2) is 65.2 Å². The normalized spacial score (nSPS) is 14.0. The fourth-order valence-corrected chi connectivity index (χ4v) is 4.80. The average Bonchev–Trinajstić information content (AvgIpc) is 3.41. The predicted molar refractivity (Wildman–Crippen MR) is 114 cm³/mol. The molecular formula is C23H26N2O2S. The third kappa shape index (κ3) is 4.05. The molecule has 1 fully saturated rings. The summed E-state index contributed by atoms with van der Waals surface area (Å²) in [7, 11) is -3.52. The third-order valence-corrected chi connectivity index (χ3v) is 7.21. The Labute approximate surface area is 166 Å². The molecule has 0 amide bonds. The van der Waals surface area contributed by atoms with Crippen LogP contribution in [0.2, 0.25) is 0 Å². The first-order valence-corrected chi connectivity index (χ1v) is 11.2. The molecule has 4 rings (SSSR count). The van der Waals surface area contributed by atoms with Crippen LogP contribution in [0.4, 0.5) is 0 Å². The van der Waals surface area contributed by atoms with Crippen molar-refractivity contribution in [3.05, 3.63) is 77.0 Å². The Bertz CT molecular complexity index is 1120. The van der Waals surface area contributed by atoms with Crippen LogP contribution < -0.4 is 0 Å². The molecule has 0 aliphatic heterocycles. The Kier molecular flexibility index (Phi) is 5.13. The number of benzene rings is 2. The summed E-state index contributed by atoms with van der Waals surface area (Å²) in [5, 5.41) is 1.17. The van der Waals surface area contributed by atoms with Crippen LogP contribution in [-0.4, -0.2) is 30.8 Å². The topological polar surface area (TPSA) is 53.2 Å². The summed E-state index contributed by atoms with van der Waals surface area (Å²) >= 11 is 0. The highest BCUT2D eigenvalue weighted by Crippen LogP contribution is 2.28. The quantitative estimate of drug-likeness (QED) is 0.589. The number of aryl methyl sites for hydroxylation is 2. The van der Waals surface area contributed by atoms with E-state index in [1.54, 1.807) is 16.4 Å². The van der Waals surface area contributed by atoms with E-state index in [1.165, 1.54) is 16.5 Å². The van der Waals surface area contributed by atoms with E-state index in [0.717, 1.165) is 29.5 Å². The molecule has 0 saturated heterocycles. The fourth-order valence-electron chi connectivity index (χ4n) is 3.42. The molecule has 0 spiro atoms. The molecule has 3 aromatic rings. The Balaban J connectivity index is 1.59. The van der Waals surface area contributed by atoms with E-state index in [0.29, 0.717) is 24.4 Å². The smallest absolute Gasteiger partial charge is 0.243 e. The lowest BCUT2D eigenvalue weighted by atomic mass is 10.1. The zero-order valence-corrected chi connectivity index (χ0v) is 17.2. The first-order valence-electron chi connectivity index (χ1n) is 9.75. The van der Waals surface area contributed by atoms with Crippen LogP contribution in [0.25, 0.3) is 10.9 Å². The van der Waals surface area contributed by atoms with Crippen molar-refractivity contribution in [2.24, 2.45) is 0 Å². The summed E-state index contributed by atoms with van der Waals surface area (Å²) in [5.74, 6) is 0. The maximum absolute atomic E-state index is 13.2. The Morgan fingerprint density at radius 3 is 2.46 bits per heavy atom. The van der Waals surface area contributed by atoms with Gasteiger partial charge in [-0.15, -0.1) is 0 Å². The third-order valence-electron chi connectivity index (χ3n) is 5.33. The molecule has 1 heterocycles. The number of aromatic nitrogens is 1. The molecule has 5 heteroatoms. The highest BCUT2D eigenvalue weighted by molar-refractivity contribution is 7.89. The molecular weight excluding hydrogens is 368 g/mol. The molecule has 1 aliphatic carbocycles. The summed E-state index contributed by atoms with van der Waals surface area (Å²) in [5.41, 5.74) is 5.86. The minimum atomic E-state index is -3.52. The lowest BCUT2D eigenvalue weighted by Gasteiger charge is -2.21. The molecule has 0 radical (unpaired) electrons. The molecule has 1 N–H and O–H groups in total. The maximum Gasteiger partial charge on any atom is 0.243 e. The summed E-state index contributed by atoms with van der Waals surface area (Å²) < 4.78 is 28.1. The van der Waals surface area contributed by atoms with E-state index in [-0.39, 0.29) is 0 Å². The lowest BCUT2D eigenvalue weighted by molar-refractivity contribution is 0.445. The van der Waals surface area contributed by atoms with E-state index in [2.05, 4.69) is 36.2 Å². The molecule has 28 heavy (non-hydrogen) atoms. The van der Waals surface area contributed by atoms with Crippen molar-refractivity contribution in [3.63, 3.8) is 0 Å². The average molecular weight is 395 g/mol. The van der Waals surface area contributed by atoms with Gasteiger partial charge in [0.1, 0.15) is 0 Å². The summed E-state index contributed by atoms with van der Waals surface area (Å²) in [4.78, 5) is 3.66. The van der Waals surface area contributed by atoms with Gasteiger partial charge in [-0.25, -0.2) is 8.42 Å². The van der Waals surface area contributed by atoms with Crippen LogP contribution in [-0.2, 0) is 16.4 Å². The number of aromatic amines is 1. The van der Waals surface area contributed by atoms with Gasteiger partial charge in [-0.1, -0.05) is 41.0 Å². The van der Waals surface area contributed by atoms with Gasteiger partial charge >= 0.3 is 0 Å². The SMILES string of the molecule is Cc1ccc(S(=O)(=O)N(CC=C2CC2)CCc2c[nH]c3ccc(C)cc23)cc1. The van der Waals surface area contributed by atoms with Gasteiger partial charge < -0.3 is 4.98 Å². The largest absolute Gasteiger partial charge is 0.361 e. The van der Waals surface area contributed by atoms with Crippen LogP contribution in [0, 0.1) is 13.8 Å². The Morgan fingerprint density at radius 1 is 1.04 bits per heavy atom. The highest BCUT2D eigenvalue weighted by Gasteiger charge is 2.24. The monoisotopic (exact) mass is 394 g/mol. The number of allylic oxidation sites excluding steroid dienone is 1. The van der Waals surface area contributed by atoms with Crippen LogP contribution >= 0.6 is 0 Å². The van der Waals surface area contributed by atoms with Crippen molar-refractivity contribution in [2.45, 2.75) is 38.0 Å². The number of sulfonamides is 1. The van der Waals surface area contributed by atoms with Gasteiger partial charge in [0, 0.05) is 30.2 Å². The molecule has 1 aromatic heterocycles. The van der Waals surface area contributed by atoms with Crippen molar-refractivity contribution in [1.29, 1.82) is 0 Å². The van der Waals surface area contributed by atoms with E-state index in [4.69, 9.17) is 0 Å².